The zero-order chi connectivity index (χ0) is 16.4. The van der Waals surface area contributed by atoms with Gasteiger partial charge in [0.1, 0.15) is 11.6 Å². The van der Waals surface area contributed by atoms with E-state index in [0.29, 0.717) is 24.7 Å². The second kappa shape index (κ2) is 6.04. The van der Waals surface area contributed by atoms with Crippen molar-refractivity contribution in [3.63, 3.8) is 0 Å². The first kappa shape index (κ1) is 14.3. The maximum absolute atomic E-state index is 5.86. The van der Waals surface area contributed by atoms with Gasteiger partial charge in [-0.15, -0.1) is 0 Å². The summed E-state index contributed by atoms with van der Waals surface area (Å²) in [4.78, 5) is 21.3. The van der Waals surface area contributed by atoms with E-state index >= 15 is 0 Å². The summed E-state index contributed by atoms with van der Waals surface area (Å²) in [5, 5.41) is 4.14. The molecule has 7 heteroatoms. The molecule has 0 saturated heterocycles. The van der Waals surface area contributed by atoms with Gasteiger partial charge in [0.2, 0.25) is 5.95 Å². The van der Waals surface area contributed by atoms with Crippen LogP contribution in [-0.2, 0) is 6.54 Å². The predicted octanol–water partition coefficient (Wildman–Crippen LogP) is 2.08. The molecule has 0 saturated carbocycles. The Labute approximate surface area is 138 Å². The Balaban J connectivity index is 1.67. The van der Waals surface area contributed by atoms with Gasteiger partial charge in [0.15, 0.2) is 0 Å². The number of anilines is 2. The zero-order valence-electron chi connectivity index (χ0n) is 12.8. The summed E-state index contributed by atoms with van der Waals surface area (Å²) >= 11 is 0. The molecule has 3 aromatic rings. The maximum Gasteiger partial charge on any atom is 0.222 e. The molecule has 0 unspecified atom stereocenters. The van der Waals surface area contributed by atoms with E-state index in [-0.39, 0.29) is 5.95 Å². The van der Waals surface area contributed by atoms with E-state index in [4.69, 9.17) is 5.73 Å². The number of hydrogen-bond donors (Lipinski definition) is 2. The fourth-order valence-electron chi connectivity index (χ4n) is 2.60. The van der Waals surface area contributed by atoms with E-state index in [0.717, 1.165) is 16.5 Å². The summed E-state index contributed by atoms with van der Waals surface area (Å²) in [7, 11) is 0. The number of aliphatic imine (C=N–C) groups is 1. The summed E-state index contributed by atoms with van der Waals surface area (Å²) < 4.78 is 0. The van der Waals surface area contributed by atoms with Crippen molar-refractivity contribution >= 4 is 34.5 Å². The first-order valence-corrected chi connectivity index (χ1v) is 7.56. The SMILES string of the molecule is Nc1nc(NCc2ncccn2)c2ccc(C3=CC=NC3)cc2n1. The van der Waals surface area contributed by atoms with Gasteiger partial charge in [0, 0.05) is 24.0 Å². The molecule has 118 valence electrons. The lowest BCUT2D eigenvalue weighted by molar-refractivity contribution is 0.942. The van der Waals surface area contributed by atoms with Gasteiger partial charge in [-0.05, 0) is 35.4 Å². The van der Waals surface area contributed by atoms with Crippen molar-refractivity contribution in [2.75, 3.05) is 17.6 Å². The first-order valence-electron chi connectivity index (χ1n) is 7.56. The number of nitrogens with one attached hydrogen (secondary N) is 1. The molecule has 0 amide bonds. The summed E-state index contributed by atoms with van der Waals surface area (Å²) in [5.74, 6) is 1.59. The Morgan fingerprint density at radius 3 is 2.79 bits per heavy atom. The molecule has 0 bridgehead atoms. The van der Waals surface area contributed by atoms with Crippen LogP contribution in [0.1, 0.15) is 11.4 Å². The van der Waals surface area contributed by atoms with Gasteiger partial charge in [-0.2, -0.15) is 4.98 Å². The van der Waals surface area contributed by atoms with Crippen LogP contribution in [-0.4, -0.2) is 32.7 Å². The molecule has 1 aliphatic heterocycles. The van der Waals surface area contributed by atoms with Gasteiger partial charge in [0.05, 0.1) is 18.6 Å². The van der Waals surface area contributed by atoms with Crippen molar-refractivity contribution in [2.45, 2.75) is 6.54 Å². The standard InChI is InChI=1S/C17H15N7/c18-17-23-14-8-11(12-4-7-19-9-12)2-3-13(14)16(24-17)22-10-15-20-5-1-6-21-15/h1-8H,9-10H2,(H3,18,22,23,24). The lowest BCUT2D eigenvalue weighted by Gasteiger charge is -2.10. The van der Waals surface area contributed by atoms with Crippen molar-refractivity contribution in [3.8, 4) is 0 Å². The van der Waals surface area contributed by atoms with Crippen LogP contribution in [0.2, 0.25) is 0 Å². The van der Waals surface area contributed by atoms with E-state index < -0.39 is 0 Å². The lowest BCUT2D eigenvalue weighted by Crippen LogP contribution is -2.07. The largest absolute Gasteiger partial charge is 0.368 e. The van der Waals surface area contributed by atoms with E-state index in [9.17, 15) is 0 Å². The molecule has 3 heterocycles. The number of hydrogen-bond acceptors (Lipinski definition) is 7. The highest BCUT2D eigenvalue weighted by Gasteiger charge is 2.10. The smallest absolute Gasteiger partial charge is 0.222 e. The van der Waals surface area contributed by atoms with Crippen LogP contribution in [0.4, 0.5) is 11.8 Å². The Hall–Kier alpha value is -3.35. The lowest BCUT2D eigenvalue weighted by atomic mass is 10.0. The van der Waals surface area contributed by atoms with Crippen LogP contribution in [0.3, 0.4) is 0 Å². The predicted molar refractivity (Wildman–Crippen MR) is 94.6 cm³/mol. The number of rotatable bonds is 4. The van der Waals surface area contributed by atoms with E-state index in [1.165, 1.54) is 5.57 Å². The van der Waals surface area contributed by atoms with Crippen molar-refractivity contribution in [2.24, 2.45) is 4.99 Å². The van der Waals surface area contributed by atoms with Crippen molar-refractivity contribution < 1.29 is 0 Å². The molecule has 0 fully saturated rings. The molecule has 1 aliphatic rings. The molecule has 0 spiro atoms. The highest BCUT2D eigenvalue weighted by molar-refractivity contribution is 5.95. The van der Waals surface area contributed by atoms with Gasteiger partial charge in [-0.1, -0.05) is 6.07 Å². The Morgan fingerprint density at radius 2 is 2.00 bits per heavy atom. The normalized spacial score (nSPS) is 13.2. The number of benzene rings is 1. The molecule has 4 rings (SSSR count). The van der Waals surface area contributed by atoms with Crippen LogP contribution in [0.25, 0.3) is 16.5 Å². The number of allylic oxidation sites excluding steroid dienone is 1. The summed E-state index contributed by atoms with van der Waals surface area (Å²) in [6, 6.07) is 7.84. The number of nitrogens with two attached hydrogens (primary N) is 1. The molecular formula is C17H15N7. The average molecular weight is 317 g/mol. The highest BCUT2D eigenvalue weighted by Crippen LogP contribution is 2.26. The molecule has 0 radical (unpaired) electrons. The van der Waals surface area contributed by atoms with Gasteiger partial charge in [-0.25, -0.2) is 15.0 Å². The van der Waals surface area contributed by atoms with Crippen molar-refractivity contribution in [3.05, 3.63) is 54.1 Å². The van der Waals surface area contributed by atoms with Gasteiger partial charge in [0.25, 0.3) is 0 Å². The van der Waals surface area contributed by atoms with Crippen LogP contribution in [0.5, 0.6) is 0 Å². The molecular weight excluding hydrogens is 302 g/mol. The second-order valence-corrected chi connectivity index (χ2v) is 5.36. The minimum Gasteiger partial charge on any atom is -0.368 e. The molecule has 0 aliphatic carbocycles. The third-order valence-electron chi connectivity index (χ3n) is 3.76. The molecule has 2 aromatic heterocycles. The van der Waals surface area contributed by atoms with Crippen LogP contribution in [0.15, 0.2) is 47.7 Å². The zero-order valence-corrected chi connectivity index (χ0v) is 12.8. The Kier molecular flexibility index (Phi) is 3.59. The molecule has 3 N–H and O–H groups in total. The Morgan fingerprint density at radius 1 is 1.12 bits per heavy atom. The average Bonchev–Trinajstić information content (AvgIpc) is 3.14. The molecule has 24 heavy (non-hydrogen) atoms. The topological polar surface area (TPSA) is 102 Å². The number of fused-ring (bicyclic) bond motifs is 1. The van der Waals surface area contributed by atoms with Gasteiger partial charge < -0.3 is 11.1 Å². The van der Waals surface area contributed by atoms with Gasteiger partial charge in [-0.3, -0.25) is 4.99 Å². The minimum absolute atomic E-state index is 0.229. The Bertz CT molecular complexity index is 948. The van der Waals surface area contributed by atoms with Crippen molar-refractivity contribution in [1.29, 1.82) is 0 Å². The van der Waals surface area contributed by atoms with Crippen molar-refractivity contribution in [1.82, 2.24) is 19.9 Å². The quantitative estimate of drug-likeness (QED) is 0.764. The second-order valence-electron chi connectivity index (χ2n) is 5.36. The minimum atomic E-state index is 0.229. The van der Waals surface area contributed by atoms with Crippen LogP contribution in [0, 0.1) is 0 Å². The first-order chi connectivity index (χ1) is 11.8. The number of nitrogens with zero attached hydrogens (tertiary/aromatic N) is 5. The maximum atomic E-state index is 5.86. The third-order valence-corrected chi connectivity index (χ3v) is 3.76. The van der Waals surface area contributed by atoms with E-state index in [2.05, 4.69) is 30.2 Å². The highest BCUT2D eigenvalue weighted by atomic mass is 15.1. The molecule has 7 nitrogen and oxygen atoms in total. The molecule has 1 aromatic carbocycles. The number of aromatic nitrogens is 4. The van der Waals surface area contributed by atoms with E-state index in [1.807, 2.05) is 30.5 Å². The fourth-order valence-corrected chi connectivity index (χ4v) is 2.60. The van der Waals surface area contributed by atoms with Crippen LogP contribution >= 0.6 is 0 Å². The summed E-state index contributed by atoms with van der Waals surface area (Å²) in [6.07, 6.45) is 7.25. The number of nitrogen functional groups attached to an aromatic ring is 1. The summed E-state index contributed by atoms with van der Waals surface area (Å²) in [6.45, 7) is 1.16. The van der Waals surface area contributed by atoms with Crippen LogP contribution < -0.4 is 11.1 Å². The fraction of sp³-hybridized carbons (Fsp3) is 0.118. The van der Waals surface area contributed by atoms with Gasteiger partial charge >= 0.3 is 0 Å². The molecule has 0 atom stereocenters. The van der Waals surface area contributed by atoms with E-state index in [1.54, 1.807) is 18.5 Å². The third kappa shape index (κ3) is 2.79. The summed E-state index contributed by atoms with van der Waals surface area (Å²) in [5.41, 5.74) is 8.92. The monoisotopic (exact) mass is 317 g/mol.